The largest absolute Gasteiger partial charge is 0.465 e. The Bertz CT molecular complexity index is 1030. The first-order valence-electron chi connectivity index (χ1n) is 9.78. The fraction of sp³-hybridized carbons (Fsp3) is 0.286. The Morgan fingerprint density at radius 1 is 1.19 bits per heavy atom. The number of nitrogens with one attached hydrogen (secondary N) is 3. The van der Waals surface area contributed by atoms with Crippen molar-refractivity contribution in [2.24, 2.45) is 0 Å². The number of amides is 1. The summed E-state index contributed by atoms with van der Waals surface area (Å²) in [5.74, 6) is -0.801. The Morgan fingerprint density at radius 3 is 2.71 bits per heavy atom. The third-order valence-electron chi connectivity index (χ3n) is 4.57. The highest BCUT2D eigenvalue weighted by Gasteiger charge is 2.26. The molecule has 9 nitrogen and oxygen atoms in total. The van der Waals surface area contributed by atoms with Crippen molar-refractivity contribution in [2.75, 3.05) is 11.9 Å². The average molecular weight is 443 g/mol. The molecule has 0 aliphatic rings. The maximum absolute atomic E-state index is 13.0. The molecule has 162 valence electrons. The molecule has 0 aliphatic heterocycles. The lowest BCUT2D eigenvalue weighted by Gasteiger charge is -2.22. The molecule has 0 bridgehead atoms. The number of hydrogen-bond donors (Lipinski definition) is 3. The molecule has 0 unspecified atom stereocenters. The van der Waals surface area contributed by atoms with Crippen molar-refractivity contribution in [3.05, 3.63) is 59.1 Å². The molecule has 0 saturated heterocycles. The molecule has 3 N–H and O–H groups in total. The quantitative estimate of drug-likeness (QED) is 0.435. The number of halogens is 1. The van der Waals surface area contributed by atoms with E-state index in [1.165, 1.54) is 0 Å². The molecule has 2 aromatic carbocycles. The SMILES string of the molecule is CCOC(=O)[C@H](C)N[C@@H](Cc1ccccc1-c1cccc(Cl)c1)C(=O)Nc1nn[nH]n1. The predicted molar refractivity (Wildman–Crippen MR) is 116 cm³/mol. The molecular weight excluding hydrogens is 420 g/mol. The highest BCUT2D eigenvalue weighted by Crippen LogP contribution is 2.27. The molecule has 31 heavy (non-hydrogen) atoms. The number of aromatic nitrogens is 4. The van der Waals surface area contributed by atoms with Crippen LogP contribution >= 0.6 is 11.6 Å². The monoisotopic (exact) mass is 442 g/mol. The number of rotatable bonds is 9. The third-order valence-corrected chi connectivity index (χ3v) is 4.80. The third kappa shape index (κ3) is 6.09. The summed E-state index contributed by atoms with van der Waals surface area (Å²) in [5.41, 5.74) is 2.77. The minimum Gasteiger partial charge on any atom is -0.465 e. The molecule has 1 amide bonds. The number of aromatic amines is 1. The summed E-state index contributed by atoms with van der Waals surface area (Å²) in [6.45, 7) is 3.63. The number of ether oxygens (including phenoxy) is 1. The van der Waals surface area contributed by atoms with Crippen LogP contribution in [0.4, 0.5) is 5.95 Å². The van der Waals surface area contributed by atoms with E-state index in [1.54, 1.807) is 19.9 Å². The van der Waals surface area contributed by atoms with Gasteiger partial charge in [0.2, 0.25) is 5.91 Å². The van der Waals surface area contributed by atoms with Gasteiger partial charge < -0.3 is 4.74 Å². The highest BCUT2D eigenvalue weighted by molar-refractivity contribution is 6.30. The topological polar surface area (TPSA) is 122 Å². The zero-order valence-electron chi connectivity index (χ0n) is 17.1. The van der Waals surface area contributed by atoms with Crippen LogP contribution in [0.25, 0.3) is 11.1 Å². The van der Waals surface area contributed by atoms with Crippen LogP contribution < -0.4 is 10.6 Å². The van der Waals surface area contributed by atoms with E-state index in [2.05, 4.69) is 31.3 Å². The number of carbonyl (C=O) groups excluding carboxylic acids is 2. The second-order valence-electron chi connectivity index (χ2n) is 6.79. The second kappa shape index (κ2) is 10.6. The Labute approximate surface area is 184 Å². The molecule has 0 fully saturated rings. The summed E-state index contributed by atoms with van der Waals surface area (Å²) >= 11 is 6.17. The molecule has 3 aromatic rings. The number of esters is 1. The number of H-pyrrole nitrogens is 1. The van der Waals surface area contributed by atoms with Crippen molar-refractivity contribution in [3.8, 4) is 11.1 Å². The summed E-state index contributed by atoms with van der Waals surface area (Å²) in [7, 11) is 0. The number of tetrazole rings is 1. The van der Waals surface area contributed by atoms with Crippen molar-refractivity contribution >= 4 is 29.4 Å². The Balaban J connectivity index is 1.87. The molecule has 3 rings (SSSR count). The van der Waals surface area contributed by atoms with Crippen LogP contribution in [0.3, 0.4) is 0 Å². The minimum absolute atomic E-state index is 0.0451. The summed E-state index contributed by atoms with van der Waals surface area (Å²) in [6, 6.07) is 13.7. The van der Waals surface area contributed by atoms with Crippen LogP contribution in [0, 0.1) is 0 Å². The summed E-state index contributed by atoms with van der Waals surface area (Å²) in [4.78, 5) is 25.1. The van der Waals surface area contributed by atoms with E-state index in [4.69, 9.17) is 16.3 Å². The van der Waals surface area contributed by atoms with Gasteiger partial charge in [0.15, 0.2) is 0 Å². The van der Waals surface area contributed by atoms with Crippen LogP contribution in [0.15, 0.2) is 48.5 Å². The molecule has 1 aromatic heterocycles. The van der Waals surface area contributed by atoms with Crippen molar-refractivity contribution in [1.29, 1.82) is 0 Å². The van der Waals surface area contributed by atoms with Crippen LogP contribution in [0.1, 0.15) is 19.4 Å². The van der Waals surface area contributed by atoms with Crippen molar-refractivity contribution in [2.45, 2.75) is 32.4 Å². The van der Waals surface area contributed by atoms with Gasteiger partial charge in [0.05, 0.1) is 12.6 Å². The maximum Gasteiger partial charge on any atom is 0.322 e. The number of benzene rings is 2. The lowest BCUT2D eigenvalue weighted by Crippen LogP contribution is -2.49. The Hall–Kier alpha value is -3.30. The minimum atomic E-state index is -0.766. The van der Waals surface area contributed by atoms with E-state index in [9.17, 15) is 9.59 Å². The average Bonchev–Trinajstić information content (AvgIpc) is 3.26. The molecule has 0 aliphatic carbocycles. The normalized spacial score (nSPS) is 12.7. The molecule has 0 radical (unpaired) electrons. The fourth-order valence-corrected chi connectivity index (χ4v) is 3.32. The van der Waals surface area contributed by atoms with Gasteiger partial charge in [-0.3, -0.25) is 20.2 Å². The van der Waals surface area contributed by atoms with E-state index in [1.807, 2.05) is 42.5 Å². The van der Waals surface area contributed by atoms with Crippen LogP contribution in [0.5, 0.6) is 0 Å². The van der Waals surface area contributed by atoms with E-state index < -0.39 is 24.0 Å². The first-order valence-corrected chi connectivity index (χ1v) is 10.2. The fourth-order valence-electron chi connectivity index (χ4n) is 3.13. The zero-order valence-corrected chi connectivity index (χ0v) is 17.9. The van der Waals surface area contributed by atoms with Gasteiger partial charge in [-0.25, -0.2) is 0 Å². The first-order chi connectivity index (χ1) is 15.0. The molecule has 0 spiro atoms. The number of carbonyl (C=O) groups is 2. The molecule has 2 atom stereocenters. The van der Waals surface area contributed by atoms with Gasteiger partial charge in [-0.15, -0.1) is 5.10 Å². The van der Waals surface area contributed by atoms with Gasteiger partial charge in [0.25, 0.3) is 5.95 Å². The van der Waals surface area contributed by atoms with Gasteiger partial charge in [0.1, 0.15) is 6.04 Å². The van der Waals surface area contributed by atoms with Gasteiger partial charge >= 0.3 is 5.97 Å². The van der Waals surface area contributed by atoms with Crippen LogP contribution in [-0.2, 0) is 20.7 Å². The maximum atomic E-state index is 13.0. The zero-order chi connectivity index (χ0) is 22.2. The standard InChI is InChI=1S/C21H23ClN6O3/c1-3-31-20(30)13(2)23-18(19(29)24-21-25-27-28-26-21)12-15-7-4-5-10-17(15)14-8-6-9-16(22)11-14/h4-11,13,18,23H,3,12H2,1-2H3,(H2,24,25,26,27,28,29)/t13-,18-/m0/s1. The Morgan fingerprint density at radius 2 is 2.00 bits per heavy atom. The number of hydrogen-bond acceptors (Lipinski definition) is 7. The van der Waals surface area contributed by atoms with E-state index >= 15 is 0 Å². The van der Waals surface area contributed by atoms with Gasteiger partial charge in [-0.1, -0.05) is 53.1 Å². The lowest BCUT2D eigenvalue weighted by molar-refractivity contribution is -0.145. The lowest BCUT2D eigenvalue weighted by atomic mass is 9.94. The molecular formula is C21H23ClN6O3. The first kappa shape index (κ1) is 22.4. The highest BCUT2D eigenvalue weighted by atomic mass is 35.5. The van der Waals surface area contributed by atoms with Crippen molar-refractivity contribution in [3.63, 3.8) is 0 Å². The smallest absolute Gasteiger partial charge is 0.322 e. The van der Waals surface area contributed by atoms with E-state index in [0.717, 1.165) is 16.7 Å². The van der Waals surface area contributed by atoms with Crippen LogP contribution in [-0.4, -0.2) is 51.2 Å². The van der Waals surface area contributed by atoms with Crippen LogP contribution in [0.2, 0.25) is 5.02 Å². The number of nitrogens with zero attached hydrogens (tertiary/aromatic N) is 3. The second-order valence-corrected chi connectivity index (χ2v) is 7.23. The van der Waals surface area contributed by atoms with Gasteiger partial charge in [-0.05, 0) is 54.3 Å². The summed E-state index contributed by atoms with van der Waals surface area (Å²) in [6.07, 6.45) is 0.302. The van der Waals surface area contributed by atoms with Crippen molar-refractivity contribution < 1.29 is 14.3 Å². The summed E-state index contributed by atoms with van der Waals surface area (Å²) < 4.78 is 5.06. The van der Waals surface area contributed by atoms with E-state index in [-0.39, 0.29) is 12.6 Å². The van der Waals surface area contributed by atoms with Gasteiger partial charge in [-0.2, -0.15) is 5.21 Å². The number of anilines is 1. The predicted octanol–water partition coefficient (Wildman–Crippen LogP) is 2.61. The van der Waals surface area contributed by atoms with E-state index in [0.29, 0.717) is 11.4 Å². The Kier molecular flexibility index (Phi) is 7.69. The molecule has 10 heteroatoms. The van der Waals surface area contributed by atoms with Crippen molar-refractivity contribution in [1.82, 2.24) is 25.9 Å². The molecule has 0 saturated carbocycles. The van der Waals surface area contributed by atoms with Gasteiger partial charge in [0, 0.05) is 5.02 Å². The molecule has 1 heterocycles. The summed E-state index contributed by atoms with van der Waals surface area (Å²) in [5, 5.41) is 19.5.